The fraction of sp³-hybridized carbons (Fsp3) is 0.333. The molecular formula is C12H13FN2O5S. The lowest BCUT2D eigenvalue weighted by Crippen LogP contribution is -2.36. The van der Waals surface area contributed by atoms with Crippen LogP contribution in [-0.2, 0) is 15.3 Å². The zero-order valence-corrected chi connectivity index (χ0v) is 11.6. The lowest BCUT2D eigenvalue weighted by Gasteiger charge is -2.10. The highest BCUT2D eigenvalue weighted by Crippen LogP contribution is 2.24. The number of amides is 1. The molecule has 114 valence electrons. The maximum absolute atomic E-state index is 13.8. The maximum Gasteiger partial charge on any atom is 0.326 e. The number of hydrogen-bond acceptors (Lipinski definition) is 5. The van der Waals surface area contributed by atoms with Gasteiger partial charge >= 0.3 is 11.7 Å². The molecule has 0 saturated heterocycles. The van der Waals surface area contributed by atoms with E-state index in [1.165, 1.54) is 23.9 Å². The third-order valence-corrected chi connectivity index (χ3v) is 3.67. The molecule has 2 N–H and O–H groups in total. The van der Waals surface area contributed by atoms with Crippen LogP contribution < -0.4 is 5.32 Å². The van der Waals surface area contributed by atoms with Gasteiger partial charge in [0.1, 0.15) is 6.04 Å². The van der Waals surface area contributed by atoms with Crippen LogP contribution in [0.3, 0.4) is 0 Å². The number of nitrogens with one attached hydrogen (secondary N) is 1. The van der Waals surface area contributed by atoms with E-state index in [1.54, 1.807) is 0 Å². The molecule has 0 radical (unpaired) electrons. The number of nitro groups is 1. The predicted octanol–water partition coefficient (Wildman–Crippen LogP) is 1.56. The molecule has 0 aliphatic rings. The Kier molecular flexibility index (Phi) is 6.60. The molecule has 0 fully saturated rings. The van der Waals surface area contributed by atoms with Crippen molar-refractivity contribution in [1.82, 2.24) is 5.32 Å². The highest BCUT2D eigenvalue weighted by molar-refractivity contribution is 7.98. The van der Waals surface area contributed by atoms with Gasteiger partial charge < -0.3 is 10.4 Å². The molecule has 1 aromatic carbocycles. The second kappa shape index (κ2) is 8.20. The van der Waals surface area contributed by atoms with Gasteiger partial charge in [0.05, 0.1) is 4.92 Å². The molecule has 0 heterocycles. The van der Waals surface area contributed by atoms with E-state index in [4.69, 9.17) is 5.11 Å². The van der Waals surface area contributed by atoms with Crippen molar-refractivity contribution in [2.75, 3.05) is 5.75 Å². The van der Waals surface area contributed by atoms with Crippen molar-refractivity contribution in [3.05, 3.63) is 39.7 Å². The van der Waals surface area contributed by atoms with Crippen LogP contribution in [0.25, 0.3) is 0 Å². The van der Waals surface area contributed by atoms with E-state index in [1.807, 2.05) is 0 Å². The summed E-state index contributed by atoms with van der Waals surface area (Å²) >= 11 is 1.23. The summed E-state index contributed by atoms with van der Waals surface area (Å²) in [5.74, 6) is -1.49. The lowest BCUT2D eigenvalue weighted by atomic mass is 10.2. The molecule has 1 aromatic rings. The second-order valence-electron chi connectivity index (χ2n) is 4.02. The number of carbonyl (C=O) groups excluding carboxylic acids is 1. The van der Waals surface area contributed by atoms with E-state index in [0.717, 1.165) is 6.07 Å². The summed E-state index contributed by atoms with van der Waals surface area (Å²) in [5.41, 5.74) is -0.399. The number of benzene rings is 1. The Balaban J connectivity index is 2.53. The van der Waals surface area contributed by atoms with Gasteiger partial charge in [-0.05, 0) is 12.2 Å². The van der Waals surface area contributed by atoms with Crippen LogP contribution in [0.15, 0.2) is 18.2 Å². The first-order valence-corrected chi connectivity index (χ1v) is 7.05. The van der Waals surface area contributed by atoms with Crippen molar-refractivity contribution in [2.24, 2.45) is 0 Å². The molecule has 0 aromatic heterocycles. The van der Waals surface area contributed by atoms with Crippen LogP contribution in [0, 0.1) is 15.9 Å². The predicted molar refractivity (Wildman–Crippen MR) is 74.5 cm³/mol. The first-order chi connectivity index (χ1) is 9.97. The Labute approximate surface area is 123 Å². The van der Waals surface area contributed by atoms with E-state index in [0.29, 0.717) is 12.2 Å². The standard InChI is InChI=1S/C12H13FN2O5S/c13-11-8(2-1-3-10(11)15(19)20)6-21-5-4-9(12(17)18)14-7-16/h1-3,7,9H,4-6H2,(H,14,16)(H,17,18). The summed E-state index contributed by atoms with van der Waals surface area (Å²) in [6, 6.07) is 2.92. The number of rotatable bonds is 9. The molecule has 21 heavy (non-hydrogen) atoms. The van der Waals surface area contributed by atoms with Crippen LogP contribution in [0.2, 0.25) is 0 Å². The van der Waals surface area contributed by atoms with Gasteiger partial charge in [-0.1, -0.05) is 12.1 Å². The molecule has 1 unspecified atom stereocenters. The Morgan fingerprint density at radius 1 is 1.57 bits per heavy atom. The molecule has 0 spiro atoms. The average Bonchev–Trinajstić information content (AvgIpc) is 2.43. The van der Waals surface area contributed by atoms with Crippen molar-refractivity contribution in [3.63, 3.8) is 0 Å². The summed E-state index contributed by atoms with van der Waals surface area (Å²) < 4.78 is 13.8. The molecule has 0 bridgehead atoms. The Morgan fingerprint density at radius 3 is 2.86 bits per heavy atom. The second-order valence-corrected chi connectivity index (χ2v) is 5.13. The third kappa shape index (κ3) is 5.03. The highest BCUT2D eigenvalue weighted by atomic mass is 32.2. The van der Waals surface area contributed by atoms with Crippen LogP contribution in [0.5, 0.6) is 0 Å². The monoisotopic (exact) mass is 316 g/mol. The van der Waals surface area contributed by atoms with Crippen molar-refractivity contribution in [2.45, 2.75) is 18.2 Å². The summed E-state index contributed by atoms with van der Waals surface area (Å²) in [6.45, 7) is 0. The fourth-order valence-corrected chi connectivity index (χ4v) is 2.55. The number of nitro benzene ring substituents is 1. The van der Waals surface area contributed by atoms with E-state index in [9.17, 15) is 24.1 Å². The minimum atomic E-state index is -1.15. The zero-order valence-electron chi connectivity index (χ0n) is 10.8. The molecule has 1 amide bonds. The van der Waals surface area contributed by atoms with Crippen molar-refractivity contribution >= 4 is 29.8 Å². The quantitative estimate of drug-likeness (QED) is 0.310. The maximum atomic E-state index is 13.8. The molecule has 7 nitrogen and oxygen atoms in total. The number of carbonyl (C=O) groups is 2. The Hall–Kier alpha value is -2.16. The van der Waals surface area contributed by atoms with Crippen LogP contribution in [-0.4, -0.2) is 34.2 Å². The molecule has 1 atom stereocenters. The van der Waals surface area contributed by atoms with E-state index < -0.39 is 28.4 Å². The van der Waals surface area contributed by atoms with E-state index in [-0.39, 0.29) is 17.7 Å². The van der Waals surface area contributed by atoms with Crippen molar-refractivity contribution < 1.29 is 24.0 Å². The molecule has 0 saturated carbocycles. The number of thioether (sulfide) groups is 1. The molecule has 0 aliphatic carbocycles. The smallest absolute Gasteiger partial charge is 0.326 e. The normalized spacial score (nSPS) is 11.7. The Bertz CT molecular complexity index is 540. The fourth-order valence-electron chi connectivity index (χ4n) is 1.56. The number of carboxylic acid groups (broad SMARTS) is 1. The summed E-state index contributed by atoms with van der Waals surface area (Å²) in [5, 5.41) is 21.5. The van der Waals surface area contributed by atoms with Gasteiger partial charge in [0, 0.05) is 17.4 Å². The number of halogens is 1. The first-order valence-electron chi connectivity index (χ1n) is 5.89. The molecular weight excluding hydrogens is 303 g/mol. The largest absolute Gasteiger partial charge is 0.480 e. The number of nitrogens with zero attached hydrogens (tertiary/aromatic N) is 1. The van der Waals surface area contributed by atoms with Gasteiger partial charge in [0.25, 0.3) is 0 Å². The summed E-state index contributed by atoms with van der Waals surface area (Å²) in [6.07, 6.45) is 0.485. The number of carboxylic acids is 1. The van der Waals surface area contributed by atoms with Gasteiger partial charge in [-0.2, -0.15) is 16.2 Å². The topological polar surface area (TPSA) is 110 Å². The number of aliphatic carboxylic acids is 1. The SMILES string of the molecule is O=CNC(CCSCc1cccc([N+](=O)[O-])c1F)C(=O)O. The zero-order chi connectivity index (χ0) is 15.8. The van der Waals surface area contributed by atoms with Gasteiger partial charge in [0.15, 0.2) is 0 Å². The van der Waals surface area contributed by atoms with Crippen LogP contribution >= 0.6 is 11.8 Å². The Morgan fingerprint density at radius 2 is 2.29 bits per heavy atom. The van der Waals surface area contributed by atoms with E-state index >= 15 is 0 Å². The first kappa shape index (κ1) is 16.9. The third-order valence-electron chi connectivity index (χ3n) is 2.63. The van der Waals surface area contributed by atoms with Gasteiger partial charge in [-0.25, -0.2) is 4.79 Å². The average molecular weight is 316 g/mol. The summed E-state index contributed by atoms with van der Waals surface area (Å²) in [7, 11) is 0. The highest BCUT2D eigenvalue weighted by Gasteiger charge is 2.18. The van der Waals surface area contributed by atoms with Crippen LogP contribution in [0.1, 0.15) is 12.0 Å². The molecule has 9 heteroatoms. The van der Waals surface area contributed by atoms with Crippen molar-refractivity contribution in [3.8, 4) is 0 Å². The van der Waals surface area contributed by atoms with Crippen molar-refractivity contribution in [1.29, 1.82) is 0 Å². The minimum absolute atomic E-state index is 0.176. The lowest BCUT2D eigenvalue weighted by molar-refractivity contribution is -0.387. The minimum Gasteiger partial charge on any atom is -0.480 e. The van der Waals surface area contributed by atoms with Gasteiger partial charge in [0.2, 0.25) is 12.2 Å². The van der Waals surface area contributed by atoms with Gasteiger partial charge in [-0.15, -0.1) is 0 Å². The molecule has 1 rings (SSSR count). The van der Waals surface area contributed by atoms with E-state index in [2.05, 4.69) is 5.32 Å². The van der Waals surface area contributed by atoms with Crippen LogP contribution in [0.4, 0.5) is 10.1 Å². The van der Waals surface area contributed by atoms with Gasteiger partial charge in [-0.3, -0.25) is 14.9 Å². The number of hydrogen-bond donors (Lipinski definition) is 2. The molecule has 0 aliphatic heterocycles. The summed E-state index contributed by atoms with van der Waals surface area (Å²) in [4.78, 5) is 30.8.